The van der Waals surface area contributed by atoms with Crippen LogP contribution in [-0.2, 0) is 13.5 Å². The molecule has 0 unspecified atom stereocenters. The maximum absolute atomic E-state index is 5.97. The third-order valence-corrected chi connectivity index (χ3v) is 3.13. The number of aromatic nitrogens is 2. The minimum absolute atomic E-state index is 0.804. The summed E-state index contributed by atoms with van der Waals surface area (Å²) in [7, 11) is 1.93. The van der Waals surface area contributed by atoms with Gasteiger partial charge in [-0.3, -0.25) is 4.68 Å². The van der Waals surface area contributed by atoms with Crippen LogP contribution in [0.5, 0.6) is 0 Å². The number of anilines is 1. The Morgan fingerprint density at radius 1 is 1.40 bits per heavy atom. The molecule has 2 N–H and O–H groups in total. The highest BCUT2D eigenvalue weighted by Gasteiger charge is 2.05. The quantitative estimate of drug-likeness (QED) is 0.848. The number of para-hydroxylation sites is 1. The molecule has 0 radical (unpaired) electrons. The second-order valence-corrected chi connectivity index (χ2v) is 4.29. The van der Waals surface area contributed by atoms with E-state index in [0.717, 1.165) is 27.8 Å². The van der Waals surface area contributed by atoms with Gasteiger partial charge in [0.05, 0.1) is 0 Å². The number of hydrogen-bond donors (Lipinski definition) is 1. The number of nitrogens with two attached hydrogens (primary N) is 1. The van der Waals surface area contributed by atoms with Gasteiger partial charge in [-0.1, -0.05) is 12.1 Å². The molecule has 1 heterocycles. The van der Waals surface area contributed by atoms with Crippen LogP contribution in [0.4, 0.5) is 5.69 Å². The van der Waals surface area contributed by atoms with Crippen molar-refractivity contribution in [2.24, 2.45) is 7.05 Å². The van der Waals surface area contributed by atoms with Crippen LogP contribution in [0.3, 0.4) is 0 Å². The third-order valence-electron chi connectivity index (χ3n) is 2.44. The molecule has 1 aromatic carbocycles. The molecule has 0 spiro atoms. The summed E-state index contributed by atoms with van der Waals surface area (Å²) in [5.41, 5.74) is 9.05. The van der Waals surface area contributed by atoms with Gasteiger partial charge in [-0.15, -0.1) is 0 Å². The van der Waals surface area contributed by atoms with Gasteiger partial charge in [0, 0.05) is 35.5 Å². The zero-order chi connectivity index (χ0) is 10.8. The smallest absolute Gasteiger partial charge is 0.0495 e. The van der Waals surface area contributed by atoms with E-state index in [2.05, 4.69) is 21.0 Å². The van der Waals surface area contributed by atoms with E-state index >= 15 is 0 Å². The van der Waals surface area contributed by atoms with Crippen LogP contribution in [0.2, 0.25) is 0 Å². The molecule has 2 aromatic rings. The molecule has 1 aromatic heterocycles. The molecule has 0 fully saturated rings. The second kappa shape index (κ2) is 4.06. The first-order valence-corrected chi connectivity index (χ1v) is 5.47. The van der Waals surface area contributed by atoms with Crippen molar-refractivity contribution < 1.29 is 0 Å². The summed E-state index contributed by atoms with van der Waals surface area (Å²) in [6.07, 6.45) is 2.60. The predicted molar refractivity (Wildman–Crippen MR) is 64.6 cm³/mol. The lowest BCUT2D eigenvalue weighted by Crippen LogP contribution is -2.02. The highest BCUT2D eigenvalue weighted by Crippen LogP contribution is 2.24. The third kappa shape index (κ3) is 2.04. The number of rotatable bonds is 2. The Kier molecular flexibility index (Phi) is 2.77. The van der Waals surface area contributed by atoms with Gasteiger partial charge < -0.3 is 5.73 Å². The number of hydrogen-bond acceptors (Lipinski definition) is 2. The number of nitrogens with zero attached hydrogens (tertiary/aromatic N) is 2. The van der Waals surface area contributed by atoms with Crippen LogP contribution in [0.1, 0.15) is 11.3 Å². The normalized spacial score (nSPS) is 10.5. The van der Waals surface area contributed by atoms with Crippen LogP contribution in [0.15, 0.2) is 34.9 Å². The summed E-state index contributed by atoms with van der Waals surface area (Å²) in [4.78, 5) is 0. The van der Waals surface area contributed by atoms with Crippen molar-refractivity contribution in [2.45, 2.75) is 6.42 Å². The average Bonchev–Trinajstić information content (AvgIpc) is 2.60. The van der Waals surface area contributed by atoms with E-state index in [4.69, 9.17) is 5.73 Å². The molecule has 0 aliphatic carbocycles. The molecule has 78 valence electrons. The summed E-state index contributed by atoms with van der Waals surface area (Å²) in [5.74, 6) is 0. The topological polar surface area (TPSA) is 43.8 Å². The van der Waals surface area contributed by atoms with Crippen LogP contribution in [0, 0.1) is 0 Å². The lowest BCUT2D eigenvalue weighted by Gasteiger charge is -2.07. The monoisotopic (exact) mass is 265 g/mol. The van der Waals surface area contributed by atoms with Crippen LogP contribution < -0.4 is 5.73 Å². The van der Waals surface area contributed by atoms with Crippen LogP contribution in [0.25, 0.3) is 0 Å². The van der Waals surface area contributed by atoms with Crippen molar-refractivity contribution in [3.8, 4) is 0 Å². The number of benzene rings is 1. The first kappa shape index (κ1) is 10.2. The van der Waals surface area contributed by atoms with Gasteiger partial charge in [0.1, 0.15) is 0 Å². The molecule has 15 heavy (non-hydrogen) atoms. The molecular weight excluding hydrogens is 254 g/mol. The highest BCUT2D eigenvalue weighted by molar-refractivity contribution is 9.10. The Hall–Kier alpha value is -1.29. The fourth-order valence-corrected chi connectivity index (χ4v) is 1.91. The van der Waals surface area contributed by atoms with Gasteiger partial charge in [-0.05, 0) is 33.6 Å². The molecule has 0 atom stereocenters. The highest BCUT2D eigenvalue weighted by atomic mass is 79.9. The van der Waals surface area contributed by atoms with Crippen molar-refractivity contribution in [3.05, 3.63) is 46.2 Å². The summed E-state index contributed by atoms with van der Waals surface area (Å²) in [5, 5.41) is 4.13. The Morgan fingerprint density at radius 2 is 2.20 bits per heavy atom. The summed E-state index contributed by atoms with van der Waals surface area (Å²) < 4.78 is 2.81. The second-order valence-electron chi connectivity index (χ2n) is 3.44. The Bertz CT molecular complexity index is 476. The van der Waals surface area contributed by atoms with E-state index in [1.165, 1.54) is 0 Å². The molecule has 0 saturated carbocycles. The Balaban J connectivity index is 2.33. The molecule has 0 bridgehead atoms. The lowest BCUT2D eigenvalue weighted by atomic mass is 10.1. The van der Waals surface area contributed by atoms with E-state index in [1.807, 2.05) is 36.0 Å². The molecular formula is C11H12BrN3. The van der Waals surface area contributed by atoms with E-state index in [9.17, 15) is 0 Å². The van der Waals surface area contributed by atoms with Gasteiger partial charge in [-0.2, -0.15) is 5.10 Å². The first-order chi connectivity index (χ1) is 7.18. The Labute approximate surface area is 97.0 Å². The van der Waals surface area contributed by atoms with Crippen LogP contribution >= 0.6 is 15.9 Å². The molecule has 0 saturated heterocycles. The number of aryl methyl sites for hydroxylation is 1. The number of nitrogen functional groups attached to an aromatic ring is 1. The van der Waals surface area contributed by atoms with Gasteiger partial charge in [0.25, 0.3) is 0 Å². The van der Waals surface area contributed by atoms with E-state index < -0.39 is 0 Å². The van der Waals surface area contributed by atoms with Crippen molar-refractivity contribution in [3.63, 3.8) is 0 Å². The average molecular weight is 266 g/mol. The van der Waals surface area contributed by atoms with Crippen molar-refractivity contribution >= 4 is 21.6 Å². The summed E-state index contributed by atoms with van der Waals surface area (Å²) in [6.45, 7) is 0. The molecule has 0 aliphatic rings. The first-order valence-electron chi connectivity index (χ1n) is 4.68. The van der Waals surface area contributed by atoms with E-state index in [0.29, 0.717) is 0 Å². The number of halogens is 1. The minimum atomic E-state index is 0.804. The molecule has 2 rings (SSSR count). The Morgan fingerprint density at radius 3 is 2.87 bits per heavy atom. The van der Waals surface area contributed by atoms with E-state index in [1.54, 1.807) is 6.20 Å². The van der Waals surface area contributed by atoms with Gasteiger partial charge in [0.15, 0.2) is 0 Å². The summed E-state index contributed by atoms with van der Waals surface area (Å²) >= 11 is 3.42. The standard InChI is InChI=1S/C11H12BrN3/c1-15-9(5-6-14-15)7-8-3-2-4-10(12)11(8)13/h2-6H,7,13H2,1H3. The SMILES string of the molecule is Cn1nccc1Cc1cccc(Br)c1N. The van der Waals surface area contributed by atoms with Gasteiger partial charge in [-0.25, -0.2) is 0 Å². The fraction of sp³-hybridized carbons (Fsp3) is 0.182. The molecule has 0 amide bonds. The maximum Gasteiger partial charge on any atom is 0.0495 e. The zero-order valence-corrected chi connectivity index (χ0v) is 10.0. The minimum Gasteiger partial charge on any atom is -0.398 e. The van der Waals surface area contributed by atoms with Crippen molar-refractivity contribution in [1.29, 1.82) is 0 Å². The largest absolute Gasteiger partial charge is 0.398 e. The fourth-order valence-electron chi connectivity index (χ4n) is 1.51. The van der Waals surface area contributed by atoms with Crippen molar-refractivity contribution in [2.75, 3.05) is 5.73 Å². The summed E-state index contributed by atoms with van der Waals surface area (Å²) in [6, 6.07) is 7.97. The maximum atomic E-state index is 5.97. The molecule has 0 aliphatic heterocycles. The lowest BCUT2D eigenvalue weighted by molar-refractivity contribution is 0.724. The zero-order valence-electron chi connectivity index (χ0n) is 8.44. The predicted octanol–water partition coefficient (Wildman–Crippen LogP) is 2.36. The van der Waals surface area contributed by atoms with E-state index in [-0.39, 0.29) is 0 Å². The van der Waals surface area contributed by atoms with Crippen LogP contribution in [-0.4, -0.2) is 9.78 Å². The molecule has 3 nitrogen and oxygen atoms in total. The van der Waals surface area contributed by atoms with Gasteiger partial charge in [0.2, 0.25) is 0 Å². The van der Waals surface area contributed by atoms with Gasteiger partial charge >= 0.3 is 0 Å². The van der Waals surface area contributed by atoms with Crippen molar-refractivity contribution in [1.82, 2.24) is 9.78 Å². The molecule has 4 heteroatoms.